The monoisotopic (exact) mass is 404 g/mol. The van der Waals surface area contributed by atoms with Gasteiger partial charge in [0.25, 0.3) is 0 Å². The molecule has 0 aromatic rings. The Labute approximate surface area is 174 Å². The molecule has 0 bridgehead atoms. The molecule has 5 rings (SSSR count). The number of halogens is 1. The van der Waals surface area contributed by atoms with Crippen LogP contribution in [0.2, 0.25) is 0 Å². The number of fused-ring (bicyclic) bond motifs is 5. The van der Waals surface area contributed by atoms with E-state index in [0.29, 0.717) is 49.2 Å². The molecule has 162 valence electrons. The molecule has 5 aliphatic rings. The summed E-state index contributed by atoms with van der Waals surface area (Å²) in [5.41, 5.74) is 0.950. The van der Waals surface area contributed by atoms with Crippen molar-refractivity contribution in [3.8, 4) is 0 Å². The van der Waals surface area contributed by atoms with Crippen LogP contribution in [0.4, 0.5) is 4.39 Å². The van der Waals surface area contributed by atoms with E-state index in [1.54, 1.807) is 0 Å². The largest absolute Gasteiger partial charge is 0.355 e. The molecule has 4 saturated carbocycles. The molecule has 0 spiro atoms. The van der Waals surface area contributed by atoms with Gasteiger partial charge >= 0.3 is 0 Å². The molecule has 0 aromatic heterocycles. The van der Waals surface area contributed by atoms with E-state index < -0.39 is 11.6 Å². The van der Waals surface area contributed by atoms with Gasteiger partial charge in [0, 0.05) is 24.1 Å². The van der Waals surface area contributed by atoms with E-state index in [1.165, 1.54) is 5.71 Å². The SMILES string of the molecule is C[C@]12CC/C(=N\COC3CCNC3)CC1CCC1C2C(F)C[C@]2(C)C(=O)CCC12. The fourth-order valence-electron chi connectivity index (χ4n) is 8.03. The van der Waals surface area contributed by atoms with E-state index in [4.69, 9.17) is 9.73 Å². The van der Waals surface area contributed by atoms with Crippen LogP contribution in [0, 0.1) is 34.5 Å². The second kappa shape index (κ2) is 7.40. The Morgan fingerprint density at radius 3 is 2.86 bits per heavy atom. The van der Waals surface area contributed by atoms with Crippen molar-refractivity contribution in [1.82, 2.24) is 5.32 Å². The van der Waals surface area contributed by atoms with Crippen molar-refractivity contribution in [2.75, 3.05) is 19.8 Å². The summed E-state index contributed by atoms with van der Waals surface area (Å²) < 4.78 is 21.6. The van der Waals surface area contributed by atoms with E-state index >= 15 is 4.39 Å². The molecule has 1 heterocycles. The summed E-state index contributed by atoms with van der Waals surface area (Å²) in [5, 5.41) is 3.32. The number of hydrogen-bond acceptors (Lipinski definition) is 4. The van der Waals surface area contributed by atoms with Crippen LogP contribution in [0.15, 0.2) is 4.99 Å². The topological polar surface area (TPSA) is 50.7 Å². The lowest BCUT2D eigenvalue weighted by Crippen LogP contribution is -2.58. The van der Waals surface area contributed by atoms with Crippen LogP contribution in [0.1, 0.15) is 71.6 Å². The van der Waals surface area contributed by atoms with Crippen LogP contribution in [0.3, 0.4) is 0 Å². The van der Waals surface area contributed by atoms with Crippen LogP contribution >= 0.6 is 0 Å². The summed E-state index contributed by atoms with van der Waals surface area (Å²) >= 11 is 0. The lowest BCUT2D eigenvalue weighted by atomic mass is 9.44. The quantitative estimate of drug-likeness (QED) is 0.762. The number of carbonyl (C=O) groups excluding carboxylic acids is 1. The fraction of sp³-hybridized carbons (Fsp3) is 0.917. The van der Waals surface area contributed by atoms with Crippen molar-refractivity contribution in [2.45, 2.75) is 83.9 Å². The van der Waals surface area contributed by atoms with Crippen molar-refractivity contribution in [3.63, 3.8) is 0 Å². The third-order valence-corrected chi connectivity index (χ3v) is 9.71. The Kier molecular flexibility index (Phi) is 5.13. The molecule has 5 heteroatoms. The number of nitrogens with one attached hydrogen (secondary N) is 1. The van der Waals surface area contributed by atoms with Crippen molar-refractivity contribution in [1.29, 1.82) is 0 Å². The van der Waals surface area contributed by atoms with Crippen LogP contribution in [0.5, 0.6) is 0 Å². The van der Waals surface area contributed by atoms with E-state index in [-0.39, 0.29) is 11.3 Å². The lowest BCUT2D eigenvalue weighted by molar-refractivity contribution is -0.150. The van der Waals surface area contributed by atoms with Crippen LogP contribution in [-0.4, -0.2) is 43.6 Å². The summed E-state index contributed by atoms with van der Waals surface area (Å²) in [4.78, 5) is 17.3. The van der Waals surface area contributed by atoms with E-state index in [1.807, 2.05) is 0 Å². The van der Waals surface area contributed by atoms with Gasteiger partial charge < -0.3 is 10.1 Å². The summed E-state index contributed by atoms with van der Waals surface area (Å²) in [6.45, 7) is 6.88. The number of rotatable bonds is 3. The molecule has 0 amide bonds. The number of nitrogens with zero attached hydrogens (tertiary/aromatic N) is 1. The van der Waals surface area contributed by atoms with Gasteiger partial charge in [-0.15, -0.1) is 0 Å². The molecule has 29 heavy (non-hydrogen) atoms. The number of ether oxygens (including phenoxy) is 1. The second-order valence-corrected chi connectivity index (χ2v) is 11.0. The van der Waals surface area contributed by atoms with E-state index in [0.717, 1.165) is 58.0 Å². The minimum atomic E-state index is -0.826. The third kappa shape index (κ3) is 3.22. The molecule has 1 saturated heterocycles. The van der Waals surface area contributed by atoms with Gasteiger partial charge in [-0.1, -0.05) is 13.8 Å². The normalized spacial score (nSPS) is 51.0. The predicted molar refractivity (Wildman–Crippen MR) is 112 cm³/mol. The van der Waals surface area contributed by atoms with Crippen LogP contribution in [0.25, 0.3) is 0 Å². The maximum absolute atomic E-state index is 15.7. The molecular formula is C24H37FN2O2. The molecule has 0 radical (unpaired) electrons. The molecule has 8 atom stereocenters. The minimum Gasteiger partial charge on any atom is -0.355 e. The zero-order valence-corrected chi connectivity index (χ0v) is 18.1. The first kappa shape index (κ1) is 20.1. The first-order valence-corrected chi connectivity index (χ1v) is 11.9. The molecular weight excluding hydrogens is 367 g/mol. The second-order valence-electron chi connectivity index (χ2n) is 11.0. The Balaban J connectivity index is 1.29. The first-order chi connectivity index (χ1) is 13.9. The molecule has 0 aromatic carbocycles. The van der Waals surface area contributed by atoms with Crippen LogP contribution in [-0.2, 0) is 9.53 Å². The number of ketones is 1. The number of aliphatic imine (C=N–C) groups is 1. The van der Waals surface area contributed by atoms with Gasteiger partial charge in [-0.05, 0) is 87.0 Å². The fourth-order valence-corrected chi connectivity index (χ4v) is 8.03. The number of hydrogen-bond donors (Lipinski definition) is 1. The van der Waals surface area contributed by atoms with Crippen molar-refractivity contribution >= 4 is 11.5 Å². The average molecular weight is 405 g/mol. The van der Waals surface area contributed by atoms with E-state index in [2.05, 4.69) is 19.2 Å². The van der Waals surface area contributed by atoms with E-state index in [9.17, 15) is 4.79 Å². The molecule has 4 aliphatic carbocycles. The van der Waals surface area contributed by atoms with Crippen molar-refractivity contribution < 1.29 is 13.9 Å². The van der Waals surface area contributed by atoms with Gasteiger partial charge in [-0.3, -0.25) is 9.79 Å². The average Bonchev–Trinajstić information content (AvgIpc) is 3.30. The molecule has 1 N–H and O–H groups in total. The Morgan fingerprint density at radius 1 is 1.21 bits per heavy atom. The summed E-state index contributed by atoms with van der Waals surface area (Å²) in [6, 6.07) is 0. The minimum absolute atomic E-state index is 0.0601. The zero-order chi connectivity index (χ0) is 20.2. The Hall–Kier alpha value is -0.810. The lowest BCUT2D eigenvalue weighted by Gasteiger charge is -2.60. The highest BCUT2D eigenvalue weighted by molar-refractivity contribution is 5.87. The smallest absolute Gasteiger partial charge is 0.139 e. The van der Waals surface area contributed by atoms with Crippen molar-refractivity contribution in [2.24, 2.45) is 39.5 Å². The molecule has 1 aliphatic heterocycles. The summed E-state index contributed by atoms with van der Waals surface area (Å²) in [7, 11) is 0. The predicted octanol–water partition coefficient (Wildman–Crippen LogP) is 4.32. The third-order valence-electron chi connectivity index (χ3n) is 9.71. The number of carbonyl (C=O) groups is 1. The highest BCUT2D eigenvalue weighted by Crippen LogP contribution is 2.65. The summed E-state index contributed by atoms with van der Waals surface area (Å²) in [6.07, 6.45) is 7.98. The summed E-state index contributed by atoms with van der Waals surface area (Å²) in [5.74, 6) is 1.80. The molecule has 5 fully saturated rings. The van der Waals surface area contributed by atoms with Gasteiger partial charge in [0.15, 0.2) is 0 Å². The molecule has 6 unspecified atom stereocenters. The highest BCUT2D eigenvalue weighted by Gasteiger charge is 2.63. The standard InChI is InChI=1S/C24H37FN2O2/c1-23-9-7-16(27-14-29-17-8-10-26-13-17)11-15(23)3-4-18-19-5-6-21(28)24(19,2)12-20(25)22(18)23/h15,17-20,22,26H,3-14H2,1-2H3/b27-16+/t15?,17?,18?,19?,20?,22?,23-,24-/m0/s1. The van der Waals surface area contributed by atoms with Crippen molar-refractivity contribution in [3.05, 3.63) is 0 Å². The maximum atomic E-state index is 15.7. The van der Waals surface area contributed by atoms with Gasteiger partial charge in [0.05, 0.1) is 6.10 Å². The highest BCUT2D eigenvalue weighted by atomic mass is 19.1. The Bertz CT molecular complexity index is 690. The first-order valence-electron chi connectivity index (χ1n) is 11.9. The van der Waals surface area contributed by atoms with Gasteiger partial charge in [0.2, 0.25) is 0 Å². The number of alkyl halides is 1. The van der Waals surface area contributed by atoms with Gasteiger partial charge in [-0.25, -0.2) is 4.39 Å². The molecule has 4 nitrogen and oxygen atoms in total. The maximum Gasteiger partial charge on any atom is 0.139 e. The van der Waals surface area contributed by atoms with Crippen LogP contribution < -0.4 is 5.32 Å². The van der Waals surface area contributed by atoms with Gasteiger partial charge in [-0.2, -0.15) is 0 Å². The zero-order valence-electron chi connectivity index (χ0n) is 18.1. The number of Topliss-reactive ketones (excluding diaryl/α,β-unsaturated/α-hetero) is 1. The van der Waals surface area contributed by atoms with Gasteiger partial charge in [0.1, 0.15) is 18.7 Å². The Morgan fingerprint density at radius 2 is 2.07 bits per heavy atom.